The van der Waals surface area contributed by atoms with Crippen molar-refractivity contribution >= 4 is 5.78 Å². The number of hydrogen-bond acceptors (Lipinski definition) is 3. The number of ether oxygens (including phenoxy) is 1. The Bertz CT molecular complexity index is 134. The summed E-state index contributed by atoms with van der Waals surface area (Å²) < 4.78 is 4.22. The number of carbonyl (C=O) groups excluding carboxylic acids is 1. The molecule has 1 atom stereocenters. The SMILES string of the molecule is C#COC(O)CC(C)=O. The van der Waals surface area contributed by atoms with Gasteiger partial charge in [-0.1, -0.05) is 6.42 Å². The van der Waals surface area contributed by atoms with Gasteiger partial charge in [0.15, 0.2) is 0 Å². The van der Waals surface area contributed by atoms with E-state index in [9.17, 15) is 4.79 Å². The minimum atomic E-state index is -1.15. The first kappa shape index (κ1) is 7.99. The lowest BCUT2D eigenvalue weighted by Crippen LogP contribution is -2.12. The van der Waals surface area contributed by atoms with Gasteiger partial charge in [-0.2, -0.15) is 0 Å². The number of ketones is 1. The summed E-state index contributed by atoms with van der Waals surface area (Å²) in [5.41, 5.74) is 0. The van der Waals surface area contributed by atoms with Crippen molar-refractivity contribution in [2.45, 2.75) is 19.6 Å². The van der Waals surface area contributed by atoms with Crippen LogP contribution in [0.3, 0.4) is 0 Å². The van der Waals surface area contributed by atoms with Gasteiger partial charge in [0.1, 0.15) is 11.9 Å². The Morgan fingerprint density at radius 1 is 2.00 bits per heavy atom. The van der Waals surface area contributed by atoms with Gasteiger partial charge in [0.25, 0.3) is 0 Å². The smallest absolute Gasteiger partial charge is 0.214 e. The van der Waals surface area contributed by atoms with Gasteiger partial charge in [0.05, 0.1) is 6.42 Å². The van der Waals surface area contributed by atoms with Crippen LogP contribution in [0.1, 0.15) is 13.3 Å². The molecule has 0 aromatic carbocycles. The molecule has 0 saturated heterocycles. The monoisotopic (exact) mass is 128 g/mol. The molecule has 3 nitrogen and oxygen atoms in total. The molecule has 0 fully saturated rings. The average molecular weight is 128 g/mol. The summed E-state index contributed by atoms with van der Waals surface area (Å²) in [6, 6.07) is 0. The van der Waals surface area contributed by atoms with Crippen molar-refractivity contribution in [2.24, 2.45) is 0 Å². The number of aliphatic hydroxyl groups excluding tert-OH is 1. The van der Waals surface area contributed by atoms with Gasteiger partial charge in [-0.05, 0) is 6.92 Å². The van der Waals surface area contributed by atoms with Crippen LogP contribution in [0.25, 0.3) is 0 Å². The van der Waals surface area contributed by atoms with Crippen LogP contribution >= 0.6 is 0 Å². The minimum Gasteiger partial charge on any atom is -0.414 e. The van der Waals surface area contributed by atoms with Crippen molar-refractivity contribution in [3.8, 4) is 12.5 Å². The summed E-state index contributed by atoms with van der Waals surface area (Å²) >= 11 is 0. The van der Waals surface area contributed by atoms with E-state index in [1.165, 1.54) is 6.92 Å². The van der Waals surface area contributed by atoms with E-state index in [2.05, 4.69) is 11.2 Å². The third kappa shape index (κ3) is 4.85. The predicted octanol–water partition coefficient (Wildman–Crippen LogP) is -0.109. The maximum absolute atomic E-state index is 10.2. The molecule has 0 aromatic rings. The highest BCUT2D eigenvalue weighted by atomic mass is 16.6. The molecule has 0 aromatic heterocycles. The van der Waals surface area contributed by atoms with Gasteiger partial charge in [0, 0.05) is 0 Å². The fourth-order valence-electron chi connectivity index (χ4n) is 0.366. The fourth-order valence-corrected chi connectivity index (χ4v) is 0.366. The Morgan fingerprint density at radius 2 is 2.56 bits per heavy atom. The summed E-state index contributed by atoms with van der Waals surface area (Å²) in [7, 11) is 0. The molecule has 50 valence electrons. The van der Waals surface area contributed by atoms with Crippen molar-refractivity contribution in [1.82, 2.24) is 0 Å². The number of terminal acetylenes is 1. The quantitative estimate of drug-likeness (QED) is 0.426. The van der Waals surface area contributed by atoms with E-state index in [4.69, 9.17) is 5.11 Å². The first-order valence-electron chi connectivity index (χ1n) is 2.45. The number of carbonyl (C=O) groups is 1. The third-order valence-electron chi connectivity index (χ3n) is 0.666. The summed E-state index contributed by atoms with van der Waals surface area (Å²) in [5.74, 6) is -0.155. The van der Waals surface area contributed by atoms with Crippen LogP contribution in [0.2, 0.25) is 0 Å². The number of Topliss-reactive ketones (excluding diaryl/α,β-unsaturated/α-hetero) is 1. The zero-order chi connectivity index (χ0) is 7.28. The highest BCUT2D eigenvalue weighted by Gasteiger charge is 2.04. The summed E-state index contributed by atoms with van der Waals surface area (Å²) in [5, 5.41) is 8.63. The molecule has 0 amide bonds. The topological polar surface area (TPSA) is 46.5 Å². The molecule has 0 bridgehead atoms. The van der Waals surface area contributed by atoms with E-state index < -0.39 is 6.29 Å². The van der Waals surface area contributed by atoms with E-state index in [1.54, 1.807) is 6.11 Å². The van der Waals surface area contributed by atoms with Crippen LogP contribution < -0.4 is 0 Å². The van der Waals surface area contributed by atoms with Crippen molar-refractivity contribution in [1.29, 1.82) is 0 Å². The van der Waals surface area contributed by atoms with Gasteiger partial charge in [-0.15, -0.1) is 0 Å². The summed E-state index contributed by atoms with van der Waals surface area (Å²) in [6.07, 6.45) is 5.24. The van der Waals surface area contributed by atoms with E-state index in [-0.39, 0.29) is 12.2 Å². The highest BCUT2D eigenvalue weighted by molar-refractivity contribution is 5.75. The number of aliphatic hydroxyl groups is 1. The molecule has 1 N–H and O–H groups in total. The first-order valence-corrected chi connectivity index (χ1v) is 2.45. The maximum atomic E-state index is 10.2. The zero-order valence-corrected chi connectivity index (χ0v) is 5.13. The molecule has 0 rings (SSSR count). The van der Waals surface area contributed by atoms with Gasteiger partial charge in [-0.3, -0.25) is 4.79 Å². The fraction of sp³-hybridized carbons (Fsp3) is 0.500. The second-order valence-corrected chi connectivity index (χ2v) is 1.60. The van der Waals surface area contributed by atoms with E-state index in [1.807, 2.05) is 0 Å². The lowest BCUT2D eigenvalue weighted by molar-refractivity contribution is -0.125. The molecule has 1 unspecified atom stereocenters. The second-order valence-electron chi connectivity index (χ2n) is 1.60. The van der Waals surface area contributed by atoms with Crippen LogP contribution in [0.4, 0.5) is 0 Å². The molecule has 0 aliphatic carbocycles. The van der Waals surface area contributed by atoms with Crippen molar-refractivity contribution in [2.75, 3.05) is 0 Å². The van der Waals surface area contributed by atoms with Gasteiger partial charge >= 0.3 is 0 Å². The summed E-state index contributed by atoms with van der Waals surface area (Å²) in [4.78, 5) is 10.2. The largest absolute Gasteiger partial charge is 0.414 e. The normalized spacial score (nSPS) is 11.7. The minimum absolute atomic E-state index is 0.0514. The molecule has 9 heavy (non-hydrogen) atoms. The average Bonchev–Trinajstić information content (AvgIpc) is 1.63. The van der Waals surface area contributed by atoms with Gasteiger partial charge in [-0.25, -0.2) is 0 Å². The summed E-state index contributed by atoms with van der Waals surface area (Å²) in [6.45, 7) is 1.35. The number of rotatable bonds is 3. The molecule has 0 aliphatic rings. The van der Waals surface area contributed by atoms with Crippen molar-refractivity contribution < 1.29 is 14.6 Å². The van der Waals surface area contributed by atoms with Gasteiger partial charge < -0.3 is 9.84 Å². The predicted molar refractivity (Wildman–Crippen MR) is 31.2 cm³/mol. The molecule has 0 radical (unpaired) electrons. The maximum Gasteiger partial charge on any atom is 0.214 e. The standard InChI is InChI=1S/C6H8O3/c1-3-9-6(8)4-5(2)7/h1,6,8H,4H2,2H3. The Hall–Kier alpha value is -1.01. The molecular weight excluding hydrogens is 120 g/mol. The van der Waals surface area contributed by atoms with Crippen LogP contribution in [0.5, 0.6) is 0 Å². The molecule has 3 heteroatoms. The second kappa shape index (κ2) is 3.93. The number of hydrogen-bond donors (Lipinski definition) is 1. The lowest BCUT2D eigenvalue weighted by atomic mass is 10.3. The van der Waals surface area contributed by atoms with Crippen LogP contribution in [0.15, 0.2) is 0 Å². The van der Waals surface area contributed by atoms with Crippen molar-refractivity contribution in [3.05, 3.63) is 0 Å². The van der Waals surface area contributed by atoms with E-state index in [0.717, 1.165) is 0 Å². The van der Waals surface area contributed by atoms with Gasteiger partial charge in [0.2, 0.25) is 6.29 Å². The van der Waals surface area contributed by atoms with Crippen LogP contribution in [-0.4, -0.2) is 17.2 Å². The Labute approximate surface area is 53.6 Å². The Balaban J connectivity index is 3.40. The van der Waals surface area contributed by atoms with E-state index >= 15 is 0 Å². The lowest BCUT2D eigenvalue weighted by Gasteiger charge is -2.02. The molecule has 0 aliphatic heterocycles. The first-order chi connectivity index (χ1) is 4.16. The third-order valence-corrected chi connectivity index (χ3v) is 0.666. The molecule has 0 heterocycles. The highest BCUT2D eigenvalue weighted by Crippen LogP contribution is 1.92. The molecular formula is C6H8O3. The van der Waals surface area contributed by atoms with Crippen LogP contribution in [-0.2, 0) is 9.53 Å². The van der Waals surface area contributed by atoms with Crippen molar-refractivity contribution in [3.63, 3.8) is 0 Å². The Morgan fingerprint density at radius 3 is 2.89 bits per heavy atom. The molecule has 0 saturated carbocycles. The Kier molecular flexibility index (Phi) is 3.49. The van der Waals surface area contributed by atoms with E-state index in [0.29, 0.717) is 0 Å². The van der Waals surface area contributed by atoms with Crippen LogP contribution in [0, 0.1) is 12.5 Å². The zero-order valence-electron chi connectivity index (χ0n) is 5.13. The molecule has 0 spiro atoms.